The van der Waals surface area contributed by atoms with E-state index in [0.717, 1.165) is 0 Å². The summed E-state index contributed by atoms with van der Waals surface area (Å²) in [4.78, 5) is 0. The Kier molecular flexibility index (Phi) is 3.57. The van der Waals surface area contributed by atoms with Crippen LogP contribution in [-0.4, -0.2) is 15.6 Å². The number of nitrogens with one attached hydrogen (secondary N) is 1. The molecule has 0 aliphatic carbocycles. The molecule has 1 aromatic carbocycles. The van der Waals surface area contributed by atoms with Crippen molar-refractivity contribution in [1.82, 2.24) is 9.78 Å². The highest BCUT2D eigenvalue weighted by molar-refractivity contribution is 9.10. The maximum absolute atomic E-state index is 13.2. The third-order valence-corrected chi connectivity index (χ3v) is 3.19. The van der Waals surface area contributed by atoms with Gasteiger partial charge in [0.05, 0.1) is 10.2 Å². The van der Waals surface area contributed by atoms with Gasteiger partial charge in [0.15, 0.2) is 0 Å². The lowest BCUT2D eigenvalue weighted by molar-refractivity contribution is 0.424. The largest absolute Gasteiger partial charge is 0.437 e. The van der Waals surface area contributed by atoms with Gasteiger partial charge >= 0.3 is 0 Å². The number of hydrogen-bond donors (Lipinski definition) is 2. The van der Waals surface area contributed by atoms with E-state index >= 15 is 0 Å². The Hall–Kier alpha value is -1.89. The molecule has 7 heteroatoms. The van der Waals surface area contributed by atoms with Crippen LogP contribution >= 0.6 is 15.9 Å². The quantitative estimate of drug-likeness (QED) is 0.672. The molecule has 0 unspecified atom stereocenters. The van der Waals surface area contributed by atoms with E-state index in [1.165, 1.54) is 16.8 Å². The molecule has 19 heavy (non-hydrogen) atoms. The Bertz CT molecular complexity index is 653. The zero-order chi connectivity index (χ0) is 14.2. The molecule has 0 bridgehead atoms. The van der Waals surface area contributed by atoms with Crippen LogP contribution in [0.3, 0.4) is 0 Å². The van der Waals surface area contributed by atoms with Crippen molar-refractivity contribution in [2.75, 3.05) is 0 Å². The molecule has 0 aliphatic rings. The van der Waals surface area contributed by atoms with E-state index in [0.29, 0.717) is 27.4 Å². The smallest absolute Gasteiger partial charge is 0.228 e. The third-order valence-electron chi connectivity index (χ3n) is 2.54. The summed E-state index contributed by atoms with van der Waals surface area (Å²) in [5, 5.41) is 11.7. The van der Waals surface area contributed by atoms with Crippen molar-refractivity contribution in [3.05, 3.63) is 39.7 Å². The van der Waals surface area contributed by atoms with Crippen molar-refractivity contribution in [3.63, 3.8) is 0 Å². The summed E-state index contributed by atoms with van der Waals surface area (Å²) >= 11 is 3.27. The Morgan fingerprint density at radius 2 is 2.21 bits per heavy atom. The number of hydrogen-bond acceptors (Lipinski definition) is 3. The second-order valence-electron chi connectivity index (χ2n) is 3.98. The Morgan fingerprint density at radius 3 is 2.84 bits per heavy atom. The molecule has 3 N–H and O–H groups in total. The summed E-state index contributed by atoms with van der Waals surface area (Å²) in [6.07, 6.45) is 0. The molecule has 0 saturated heterocycles. The number of aromatic nitrogens is 2. The number of nitrogens with two attached hydrogens (primary N) is 1. The molecular formula is C12H12BrFN4O. The molecule has 0 radical (unpaired) electrons. The molecule has 5 nitrogen and oxygen atoms in total. The topological polar surface area (TPSA) is 76.9 Å². The normalized spacial score (nSPS) is 10.5. The molecule has 0 aliphatic heterocycles. The zero-order valence-electron chi connectivity index (χ0n) is 10.4. The summed E-state index contributed by atoms with van der Waals surface area (Å²) < 4.78 is 20.9. The average molecular weight is 327 g/mol. The van der Waals surface area contributed by atoms with Crippen molar-refractivity contribution in [1.29, 1.82) is 5.41 Å². The van der Waals surface area contributed by atoms with Crippen molar-refractivity contribution in [2.24, 2.45) is 12.8 Å². The van der Waals surface area contributed by atoms with Crippen LogP contribution in [0.15, 0.2) is 22.7 Å². The number of halogens is 2. The predicted octanol–water partition coefficient (Wildman–Crippen LogP) is 2.71. The molecule has 0 amide bonds. The van der Waals surface area contributed by atoms with E-state index in [1.54, 1.807) is 20.0 Å². The van der Waals surface area contributed by atoms with Crippen molar-refractivity contribution in [3.8, 4) is 11.6 Å². The van der Waals surface area contributed by atoms with Gasteiger partial charge in [-0.3, -0.25) is 5.41 Å². The van der Waals surface area contributed by atoms with E-state index in [4.69, 9.17) is 15.9 Å². The fourth-order valence-electron chi connectivity index (χ4n) is 1.72. The van der Waals surface area contributed by atoms with Crippen LogP contribution in [0.4, 0.5) is 4.39 Å². The van der Waals surface area contributed by atoms with Gasteiger partial charge in [-0.1, -0.05) is 0 Å². The van der Waals surface area contributed by atoms with Gasteiger partial charge in [-0.15, -0.1) is 0 Å². The van der Waals surface area contributed by atoms with Crippen LogP contribution in [0.25, 0.3) is 0 Å². The van der Waals surface area contributed by atoms with Crippen LogP contribution < -0.4 is 10.5 Å². The Labute approximate surface area is 117 Å². The van der Waals surface area contributed by atoms with Gasteiger partial charge in [-0.2, -0.15) is 5.10 Å². The third kappa shape index (κ3) is 2.60. The maximum atomic E-state index is 13.2. The first kappa shape index (κ1) is 13.5. The lowest BCUT2D eigenvalue weighted by atomic mass is 10.2. The van der Waals surface area contributed by atoms with Crippen LogP contribution in [0, 0.1) is 18.2 Å². The Morgan fingerprint density at radius 1 is 1.53 bits per heavy atom. The molecule has 1 aromatic heterocycles. The number of nitrogens with zero attached hydrogens (tertiary/aromatic N) is 2. The maximum Gasteiger partial charge on any atom is 0.228 e. The van der Waals surface area contributed by atoms with E-state index in [2.05, 4.69) is 21.0 Å². The summed E-state index contributed by atoms with van der Waals surface area (Å²) in [5.41, 5.74) is 6.50. The van der Waals surface area contributed by atoms with Crippen molar-refractivity contribution < 1.29 is 9.13 Å². The number of rotatable bonds is 3. The summed E-state index contributed by atoms with van der Waals surface area (Å²) in [5.74, 6) is 0.0383. The first-order valence-corrected chi connectivity index (χ1v) is 6.20. The molecule has 0 atom stereocenters. The van der Waals surface area contributed by atoms with Gasteiger partial charge in [0.1, 0.15) is 23.0 Å². The molecule has 0 fully saturated rings. The minimum atomic E-state index is -0.415. The lowest BCUT2D eigenvalue weighted by Crippen LogP contribution is -2.13. The molecule has 0 saturated carbocycles. The van der Waals surface area contributed by atoms with Gasteiger partial charge in [-0.05, 0) is 35.0 Å². The SMILES string of the molecule is Cc1nn(C)c(Oc2cc(F)ccc2Br)c1C(=N)N. The highest BCUT2D eigenvalue weighted by atomic mass is 79.9. The second kappa shape index (κ2) is 5.00. The fraction of sp³-hybridized carbons (Fsp3) is 0.167. The first-order valence-electron chi connectivity index (χ1n) is 5.41. The average Bonchev–Trinajstić information content (AvgIpc) is 2.59. The number of benzene rings is 1. The molecule has 2 aromatic rings. The van der Waals surface area contributed by atoms with Gasteiger partial charge in [0, 0.05) is 13.1 Å². The fourth-order valence-corrected chi connectivity index (χ4v) is 2.05. The highest BCUT2D eigenvalue weighted by Gasteiger charge is 2.19. The van der Waals surface area contributed by atoms with Crippen molar-refractivity contribution in [2.45, 2.75) is 6.92 Å². The molecule has 1 heterocycles. The van der Waals surface area contributed by atoms with E-state index in [-0.39, 0.29) is 5.84 Å². The van der Waals surface area contributed by atoms with Gasteiger partial charge in [0.25, 0.3) is 0 Å². The summed E-state index contributed by atoms with van der Waals surface area (Å²) in [6, 6.07) is 4.11. The van der Waals surface area contributed by atoms with E-state index in [1.807, 2.05) is 0 Å². The van der Waals surface area contributed by atoms with Crippen LogP contribution in [0.1, 0.15) is 11.3 Å². The Balaban J connectivity index is 2.49. The number of amidine groups is 1. The number of aryl methyl sites for hydroxylation is 2. The minimum absolute atomic E-state index is 0.145. The first-order chi connectivity index (χ1) is 8.90. The summed E-state index contributed by atoms with van der Waals surface area (Å²) in [6.45, 7) is 1.73. The molecule has 2 rings (SSSR count). The lowest BCUT2D eigenvalue weighted by Gasteiger charge is -2.09. The van der Waals surface area contributed by atoms with Crippen molar-refractivity contribution >= 4 is 21.8 Å². The molecule has 0 spiro atoms. The van der Waals surface area contributed by atoms with Crippen LogP contribution in [0.5, 0.6) is 11.6 Å². The minimum Gasteiger partial charge on any atom is -0.437 e. The standard InChI is InChI=1S/C12H12BrFN4O/c1-6-10(11(15)16)12(18(2)17-6)19-9-5-7(14)3-4-8(9)13/h3-5H,1-2H3,(H3,15,16). The second-order valence-corrected chi connectivity index (χ2v) is 4.83. The monoisotopic (exact) mass is 326 g/mol. The predicted molar refractivity (Wildman–Crippen MR) is 73.1 cm³/mol. The van der Waals surface area contributed by atoms with Gasteiger partial charge in [-0.25, -0.2) is 9.07 Å². The van der Waals surface area contributed by atoms with Gasteiger partial charge < -0.3 is 10.5 Å². The van der Waals surface area contributed by atoms with E-state index < -0.39 is 5.82 Å². The highest BCUT2D eigenvalue weighted by Crippen LogP contribution is 2.32. The number of ether oxygens (including phenoxy) is 1. The van der Waals surface area contributed by atoms with Gasteiger partial charge in [0.2, 0.25) is 5.88 Å². The van der Waals surface area contributed by atoms with Crippen LogP contribution in [-0.2, 0) is 7.05 Å². The number of nitrogen functional groups attached to an aromatic ring is 1. The zero-order valence-corrected chi connectivity index (χ0v) is 12.0. The van der Waals surface area contributed by atoms with E-state index in [9.17, 15) is 4.39 Å². The van der Waals surface area contributed by atoms with Crippen LogP contribution in [0.2, 0.25) is 0 Å². The molecular weight excluding hydrogens is 315 g/mol. The molecule has 100 valence electrons. The summed E-state index contributed by atoms with van der Waals surface area (Å²) in [7, 11) is 1.67.